The Morgan fingerprint density at radius 2 is 1.90 bits per heavy atom. The van der Waals surface area contributed by atoms with Crippen molar-refractivity contribution in [3.05, 3.63) is 54.1 Å². The van der Waals surface area contributed by atoms with Gasteiger partial charge in [-0.1, -0.05) is 11.6 Å². The molecule has 0 amide bonds. The zero-order chi connectivity index (χ0) is 25.3. The van der Waals surface area contributed by atoms with E-state index >= 15 is 0 Å². The minimum atomic E-state index is -5.19. The lowest BCUT2D eigenvalue weighted by molar-refractivity contribution is -0.853. The van der Waals surface area contributed by atoms with E-state index in [1.807, 2.05) is 0 Å². The van der Waals surface area contributed by atoms with Gasteiger partial charge in [-0.05, 0) is 37.5 Å². The molecule has 1 aliphatic rings. The number of ether oxygens (including phenoxy) is 2. The molecule has 1 aromatic rings. The zero-order valence-electron chi connectivity index (χ0n) is 17.5. The monoisotopic (exact) mass is 459 g/mol. The molecule has 2 rings (SSSR count). The lowest BCUT2D eigenvalue weighted by Gasteiger charge is -2.29. The highest BCUT2D eigenvalue weighted by atomic mass is 35.5. The molecule has 0 saturated heterocycles. The van der Waals surface area contributed by atoms with Crippen molar-refractivity contribution in [2.45, 2.75) is 38.4 Å². The van der Waals surface area contributed by atoms with E-state index in [4.69, 9.17) is 20.5 Å². The summed E-state index contributed by atoms with van der Waals surface area (Å²) in [6, 6.07) is 1.81. The summed E-state index contributed by atoms with van der Waals surface area (Å²) in [7, 11) is 0. The van der Waals surface area contributed by atoms with Crippen LogP contribution in [-0.4, -0.2) is 40.8 Å². The lowest BCUT2D eigenvalue weighted by atomic mass is 9.99. The molecule has 0 saturated carbocycles. The van der Waals surface area contributed by atoms with Crippen molar-refractivity contribution in [3.8, 4) is 5.75 Å². The Balaban J connectivity index is 2.46. The smallest absolute Gasteiger partial charge is 0.430 e. The Hall–Kier alpha value is -3.29. The molecule has 164 valence electrons. The summed E-state index contributed by atoms with van der Waals surface area (Å²) in [5.74, 6) is -2.31. The maximum Gasteiger partial charge on any atom is 0.430 e. The molecule has 0 radical (unpaired) electrons. The number of halogens is 4. The predicted molar refractivity (Wildman–Crippen MR) is 90.1 cm³/mol. The van der Waals surface area contributed by atoms with Gasteiger partial charge in [0, 0.05) is 9.68 Å². The Morgan fingerprint density at radius 3 is 2.40 bits per heavy atom. The lowest BCUT2D eigenvalue weighted by Crippen LogP contribution is -2.43. The first-order valence-corrected chi connectivity index (χ1v) is 8.00. The fraction of sp³-hybridized carbons (Fsp3) is 0.400. The van der Waals surface area contributed by atoms with E-state index in [0.717, 1.165) is 19.1 Å². The Morgan fingerprint density at radius 1 is 1.30 bits per heavy atom. The minimum absolute atomic E-state index is 0.298. The third kappa shape index (κ3) is 5.40. The van der Waals surface area contributed by atoms with Gasteiger partial charge in [0.15, 0.2) is 6.10 Å². The van der Waals surface area contributed by atoms with Crippen molar-refractivity contribution in [2.75, 3.05) is 0 Å². The molecule has 2 unspecified atom stereocenters. The van der Waals surface area contributed by atoms with Crippen LogP contribution in [0.2, 0.25) is 5.02 Å². The fourth-order valence-corrected chi connectivity index (χ4v) is 2.60. The van der Waals surface area contributed by atoms with E-state index in [0.29, 0.717) is 6.08 Å². The van der Waals surface area contributed by atoms with Gasteiger partial charge in [0.05, 0.1) is 10.6 Å². The van der Waals surface area contributed by atoms with Crippen molar-refractivity contribution < 1.29 is 51.4 Å². The molecule has 0 aromatic heterocycles. The standard InChI is InChI=1S/C15H12ClF3N2O9/c1-6-3-8-5-9(12(15(17,18)19)28-11(8)10(16)4-6)13(22)27-7(2)14(29-20(23)24)30-21(25)26/h3-5,7,12,14H,1-2H3/i1D3. The molecule has 1 aliphatic heterocycles. The number of hydrogen-bond acceptors (Lipinski definition) is 9. The van der Waals surface area contributed by atoms with Crippen LogP contribution in [0.3, 0.4) is 0 Å². The van der Waals surface area contributed by atoms with Crippen molar-refractivity contribution >= 4 is 23.6 Å². The van der Waals surface area contributed by atoms with Crippen LogP contribution in [0.1, 0.15) is 22.2 Å². The average Bonchev–Trinajstić information content (AvgIpc) is 2.64. The molecule has 0 spiro atoms. The average molecular weight is 460 g/mol. The summed E-state index contributed by atoms with van der Waals surface area (Å²) < 4.78 is 72.3. The van der Waals surface area contributed by atoms with E-state index in [1.165, 1.54) is 0 Å². The van der Waals surface area contributed by atoms with Crippen LogP contribution in [0.4, 0.5) is 13.2 Å². The van der Waals surface area contributed by atoms with Crippen LogP contribution in [0.25, 0.3) is 6.08 Å². The second kappa shape index (κ2) is 8.61. The number of alkyl halides is 3. The van der Waals surface area contributed by atoms with Crippen LogP contribution in [0.15, 0.2) is 17.7 Å². The third-order valence-electron chi connectivity index (χ3n) is 3.49. The maximum atomic E-state index is 13.6. The second-order valence-electron chi connectivity index (χ2n) is 5.65. The Labute approximate surface area is 174 Å². The summed E-state index contributed by atoms with van der Waals surface area (Å²) in [5, 5.41) is 17.4. The topological polar surface area (TPSA) is 140 Å². The molecule has 0 bridgehead atoms. The third-order valence-corrected chi connectivity index (χ3v) is 3.77. The Kier molecular flexibility index (Phi) is 5.37. The molecule has 30 heavy (non-hydrogen) atoms. The fourth-order valence-electron chi connectivity index (χ4n) is 2.33. The zero-order valence-corrected chi connectivity index (χ0v) is 15.3. The summed E-state index contributed by atoms with van der Waals surface area (Å²) in [6.45, 7) is -1.88. The van der Waals surface area contributed by atoms with Crippen molar-refractivity contribution in [1.29, 1.82) is 0 Å². The van der Waals surface area contributed by atoms with E-state index in [-0.39, 0.29) is 11.1 Å². The normalized spacial score (nSPS) is 18.5. The van der Waals surface area contributed by atoms with E-state index in [9.17, 15) is 38.2 Å². The maximum absolute atomic E-state index is 13.6. The van der Waals surface area contributed by atoms with Gasteiger partial charge in [-0.15, -0.1) is 20.2 Å². The number of benzene rings is 1. The molecule has 11 nitrogen and oxygen atoms in total. The van der Waals surface area contributed by atoms with Gasteiger partial charge in [0.2, 0.25) is 6.10 Å². The van der Waals surface area contributed by atoms with Gasteiger partial charge in [-0.3, -0.25) is 9.68 Å². The number of aryl methyl sites for hydroxylation is 1. The number of rotatable bonds is 7. The Bertz CT molecular complexity index is 987. The van der Waals surface area contributed by atoms with Crippen LogP contribution >= 0.6 is 11.6 Å². The summed E-state index contributed by atoms with van der Waals surface area (Å²) in [4.78, 5) is 41.1. The van der Waals surface area contributed by atoms with Crippen LogP contribution in [0, 0.1) is 27.1 Å². The number of esters is 1. The van der Waals surface area contributed by atoms with Crippen molar-refractivity contribution in [3.63, 3.8) is 0 Å². The highest BCUT2D eigenvalue weighted by Gasteiger charge is 2.49. The van der Waals surface area contributed by atoms with Crippen LogP contribution in [-0.2, 0) is 19.2 Å². The largest absolute Gasteiger partial charge is 0.474 e. The molecule has 0 N–H and O–H groups in total. The predicted octanol–water partition coefficient (Wildman–Crippen LogP) is 3.03. The molecule has 15 heteroatoms. The van der Waals surface area contributed by atoms with E-state index in [1.54, 1.807) is 0 Å². The number of nitrogens with zero attached hydrogens (tertiary/aromatic N) is 2. The first-order valence-electron chi connectivity index (χ1n) is 9.13. The van der Waals surface area contributed by atoms with Crippen LogP contribution in [0.5, 0.6) is 5.75 Å². The highest BCUT2D eigenvalue weighted by molar-refractivity contribution is 6.32. The molecule has 0 fully saturated rings. The quantitative estimate of drug-likeness (QED) is 0.260. The van der Waals surface area contributed by atoms with Gasteiger partial charge in [-0.25, -0.2) is 4.79 Å². The van der Waals surface area contributed by atoms with Gasteiger partial charge in [-0.2, -0.15) is 13.2 Å². The number of carbonyl (C=O) groups is 1. The van der Waals surface area contributed by atoms with E-state index in [2.05, 4.69) is 14.4 Å². The molecule has 2 atom stereocenters. The van der Waals surface area contributed by atoms with Gasteiger partial charge >= 0.3 is 12.1 Å². The summed E-state index contributed by atoms with van der Waals surface area (Å²) in [5.41, 5.74) is -1.86. The molecule has 1 aromatic carbocycles. The van der Waals surface area contributed by atoms with Crippen molar-refractivity contribution in [1.82, 2.24) is 0 Å². The molecular weight excluding hydrogens is 445 g/mol. The van der Waals surface area contributed by atoms with Gasteiger partial charge in [0.1, 0.15) is 5.75 Å². The van der Waals surface area contributed by atoms with Crippen molar-refractivity contribution in [2.24, 2.45) is 0 Å². The SMILES string of the molecule is [2H]C([2H])([2H])c1cc(Cl)c2c(c1)C=C(C(=O)OC(C)C(O[N+](=O)[O-])O[N+](=O)[O-])C(C(F)(F)F)O2. The van der Waals surface area contributed by atoms with Crippen LogP contribution < -0.4 is 4.74 Å². The molecule has 1 heterocycles. The molecular formula is C15H12ClF3N2O9. The highest BCUT2D eigenvalue weighted by Crippen LogP contribution is 2.41. The molecule has 0 aliphatic carbocycles. The number of hydrogen-bond donors (Lipinski definition) is 0. The van der Waals surface area contributed by atoms with E-state index < -0.39 is 64.0 Å². The minimum Gasteiger partial charge on any atom is -0.474 e. The van der Waals surface area contributed by atoms with Gasteiger partial charge < -0.3 is 9.47 Å². The first kappa shape index (κ1) is 18.7. The number of carbonyl (C=O) groups excluding carboxylic acids is 1. The summed E-state index contributed by atoms with van der Waals surface area (Å²) >= 11 is 5.87. The van der Waals surface area contributed by atoms with Gasteiger partial charge in [0.25, 0.3) is 16.5 Å². The number of fused-ring (bicyclic) bond motifs is 1. The summed E-state index contributed by atoms with van der Waals surface area (Å²) in [6.07, 6.45) is -11.9. The second-order valence-corrected chi connectivity index (χ2v) is 6.06. The first-order chi connectivity index (χ1) is 15.0.